The predicted octanol–water partition coefficient (Wildman–Crippen LogP) is 1.79. The third-order valence-electron chi connectivity index (χ3n) is 5.44. The minimum absolute atomic E-state index is 0.00796. The molecule has 2 aliphatic rings. The van der Waals surface area contributed by atoms with Crippen LogP contribution in [0.5, 0.6) is 0 Å². The van der Waals surface area contributed by atoms with Crippen LogP contribution >= 0.6 is 0 Å². The van der Waals surface area contributed by atoms with Gasteiger partial charge in [-0.2, -0.15) is 0 Å². The molecule has 0 bridgehead atoms. The first-order valence-electron chi connectivity index (χ1n) is 9.19. The number of likely N-dealkylation sites (tertiary alicyclic amines) is 2. The number of amides is 1. The summed E-state index contributed by atoms with van der Waals surface area (Å²) in [4.78, 5) is 17.0. The molecule has 2 fully saturated rings. The van der Waals surface area contributed by atoms with Crippen LogP contribution in [-0.2, 0) is 16.1 Å². The van der Waals surface area contributed by atoms with Gasteiger partial charge in [0.1, 0.15) is 0 Å². The minimum atomic E-state index is -0.878. The fourth-order valence-corrected chi connectivity index (χ4v) is 4.07. The number of piperidine rings is 1. The second kappa shape index (κ2) is 8.41. The zero-order valence-corrected chi connectivity index (χ0v) is 14.9. The van der Waals surface area contributed by atoms with E-state index < -0.39 is 17.0 Å². The summed E-state index contributed by atoms with van der Waals surface area (Å²) < 4.78 is 32.7. The predicted molar refractivity (Wildman–Crippen MR) is 92.4 cm³/mol. The average Bonchev–Trinajstić information content (AvgIpc) is 3.04. The molecule has 1 atom stereocenters. The first kappa shape index (κ1) is 19.2. The van der Waals surface area contributed by atoms with E-state index in [1.54, 1.807) is 4.90 Å². The Morgan fingerprint density at radius 3 is 2.85 bits per heavy atom. The van der Waals surface area contributed by atoms with Gasteiger partial charge in [-0.1, -0.05) is 12.1 Å². The quantitative estimate of drug-likeness (QED) is 0.746. The molecular formula is C19H26F2N2O3. The summed E-state index contributed by atoms with van der Waals surface area (Å²) in [7, 11) is 0. The number of carbonyl (C=O) groups is 1. The lowest BCUT2D eigenvalue weighted by molar-refractivity contribution is -0.146. The monoisotopic (exact) mass is 368 g/mol. The first-order chi connectivity index (χ1) is 12.6. The van der Waals surface area contributed by atoms with Gasteiger partial charge in [0.05, 0.1) is 25.2 Å². The zero-order chi connectivity index (χ0) is 18.6. The molecule has 2 heterocycles. The van der Waals surface area contributed by atoms with Crippen molar-refractivity contribution in [2.45, 2.75) is 25.8 Å². The number of benzene rings is 1. The molecule has 5 nitrogen and oxygen atoms in total. The SMILES string of the molecule is O=C1N(Cc2cccc(F)c2F)CCC[C@@]12CCN(CCOCCO)C2. The van der Waals surface area contributed by atoms with E-state index in [0.717, 1.165) is 38.4 Å². The van der Waals surface area contributed by atoms with Gasteiger partial charge in [-0.05, 0) is 31.9 Å². The number of carbonyl (C=O) groups excluding carboxylic acids is 1. The number of rotatable bonds is 7. The summed E-state index contributed by atoms with van der Waals surface area (Å²) in [6.45, 7) is 3.79. The van der Waals surface area contributed by atoms with E-state index in [0.29, 0.717) is 26.3 Å². The Hall–Kier alpha value is -1.57. The van der Waals surface area contributed by atoms with E-state index in [4.69, 9.17) is 9.84 Å². The van der Waals surface area contributed by atoms with Crippen LogP contribution in [0.2, 0.25) is 0 Å². The summed E-state index contributed by atoms with van der Waals surface area (Å²) in [5.74, 6) is -1.70. The van der Waals surface area contributed by atoms with Crippen LogP contribution in [0, 0.1) is 17.0 Å². The third kappa shape index (κ3) is 4.05. The Morgan fingerprint density at radius 1 is 1.19 bits per heavy atom. The van der Waals surface area contributed by atoms with Crippen LogP contribution < -0.4 is 0 Å². The van der Waals surface area contributed by atoms with Crippen molar-refractivity contribution in [1.29, 1.82) is 0 Å². The van der Waals surface area contributed by atoms with Crippen molar-refractivity contribution >= 4 is 5.91 Å². The number of nitrogens with zero attached hydrogens (tertiary/aromatic N) is 2. The van der Waals surface area contributed by atoms with Crippen molar-refractivity contribution < 1.29 is 23.4 Å². The van der Waals surface area contributed by atoms with E-state index >= 15 is 0 Å². The number of aliphatic hydroxyl groups excluding tert-OH is 1. The Balaban J connectivity index is 1.62. The average molecular weight is 368 g/mol. The van der Waals surface area contributed by atoms with Crippen molar-refractivity contribution in [3.63, 3.8) is 0 Å². The molecule has 2 aliphatic heterocycles. The number of hydrogen-bond donors (Lipinski definition) is 1. The second-order valence-corrected chi connectivity index (χ2v) is 7.19. The van der Waals surface area contributed by atoms with E-state index in [2.05, 4.69) is 4.90 Å². The number of aliphatic hydroxyl groups is 1. The van der Waals surface area contributed by atoms with Gasteiger partial charge in [-0.15, -0.1) is 0 Å². The van der Waals surface area contributed by atoms with Gasteiger partial charge in [0.15, 0.2) is 11.6 Å². The van der Waals surface area contributed by atoms with Crippen LogP contribution in [0.3, 0.4) is 0 Å². The maximum atomic E-state index is 14.0. The topological polar surface area (TPSA) is 53.0 Å². The second-order valence-electron chi connectivity index (χ2n) is 7.19. The summed E-state index contributed by atoms with van der Waals surface area (Å²) >= 11 is 0. The van der Waals surface area contributed by atoms with Crippen molar-refractivity contribution in [2.24, 2.45) is 5.41 Å². The highest BCUT2D eigenvalue weighted by Crippen LogP contribution is 2.40. The van der Waals surface area contributed by atoms with Crippen LogP contribution in [0.25, 0.3) is 0 Å². The smallest absolute Gasteiger partial charge is 0.230 e. The summed E-state index contributed by atoms with van der Waals surface area (Å²) in [6, 6.07) is 4.10. The van der Waals surface area contributed by atoms with Crippen LogP contribution in [0.15, 0.2) is 18.2 Å². The largest absolute Gasteiger partial charge is 0.394 e. The highest BCUT2D eigenvalue weighted by Gasteiger charge is 2.48. The molecule has 0 aromatic heterocycles. The first-order valence-corrected chi connectivity index (χ1v) is 9.19. The maximum absolute atomic E-state index is 14.0. The van der Waals surface area contributed by atoms with Crippen molar-refractivity contribution in [1.82, 2.24) is 9.80 Å². The van der Waals surface area contributed by atoms with Gasteiger partial charge in [-0.25, -0.2) is 8.78 Å². The maximum Gasteiger partial charge on any atom is 0.230 e. The van der Waals surface area contributed by atoms with E-state index in [-0.39, 0.29) is 24.6 Å². The molecule has 1 spiro atoms. The molecule has 3 rings (SSSR count). The third-order valence-corrected chi connectivity index (χ3v) is 5.44. The molecule has 7 heteroatoms. The van der Waals surface area contributed by atoms with Crippen molar-refractivity contribution in [3.8, 4) is 0 Å². The van der Waals surface area contributed by atoms with Gasteiger partial charge < -0.3 is 14.7 Å². The van der Waals surface area contributed by atoms with Gasteiger partial charge >= 0.3 is 0 Å². The lowest BCUT2D eigenvalue weighted by Gasteiger charge is -2.39. The van der Waals surface area contributed by atoms with Crippen molar-refractivity contribution in [3.05, 3.63) is 35.4 Å². The molecule has 0 unspecified atom stereocenters. The standard InChI is InChI=1S/C19H26F2N2O3/c20-16-4-1-3-15(17(16)21)13-23-7-2-5-19(18(23)25)6-8-22(14-19)9-11-26-12-10-24/h1,3-4,24H,2,5-14H2/t19-/m0/s1. The Morgan fingerprint density at radius 2 is 2.04 bits per heavy atom. The highest BCUT2D eigenvalue weighted by molar-refractivity contribution is 5.84. The minimum Gasteiger partial charge on any atom is -0.394 e. The molecule has 0 aliphatic carbocycles. The summed E-state index contributed by atoms with van der Waals surface area (Å²) in [5.41, 5.74) is -0.193. The number of halogens is 2. The Kier molecular flexibility index (Phi) is 6.21. The molecule has 144 valence electrons. The molecule has 1 amide bonds. The zero-order valence-electron chi connectivity index (χ0n) is 14.9. The van der Waals surface area contributed by atoms with Crippen LogP contribution in [0.4, 0.5) is 8.78 Å². The fourth-order valence-electron chi connectivity index (χ4n) is 4.07. The van der Waals surface area contributed by atoms with Crippen LogP contribution in [0.1, 0.15) is 24.8 Å². The van der Waals surface area contributed by atoms with Gasteiger partial charge in [0, 0.05) is 31.7 Å². The molecule has 0 saturated carbocycles. The lowest BCUT2D eigenvalue weighted by atomic mass is 9.78. The molecule has 2 saturated heterocycles. The van der Waals surface area contributed by atoms with E-state index in [1.807, 2.05) is 0 Å². The fraction of sp³-hybridized carbons (Fsp3) is 0.632. The van der Waals surface area contributed by atoms with E-state index in [1.165, 1.54) is 12.1 Å². The van der Waals surface area contributed by atoms with Crippen LogP contribution in [-0.4, -0.2) is 66.8 Å². The summed E-state index contributed by atoms with van der Waals surface area (Å²) in [6.07, 6.45) is 2.49. The van der Waals surface area contributed by atoms with E-state index in [9.17, 15) is 13.6 Å². The van der Waals surface area contributed by atoms with Gasteiger partial charge in [-0.3, -0.25) is 9.69 Å². The number of ether oxygens (including phenoxy) is 1. The molecule has 0 radical (unpaired) electrons. The Labute approximate surface area is 152 Å². The highest BCUT2D eigenvalue weighted by atomic mass is 19.2. The Bertz CT molecular complexity index is 643. The molecule has 1 aromatic rings. The summed E-state index contributed by atoms with van der Waals surface area (Å²) in [5, 5.41) is 8.74. The normalized spacial score (nSPS) is 24.0. The molecular weight excluding hydrogens is 342 g/mol. The van der Waals surface area contributed by atoms with Crippen molar-refractivity contribution in [2.75, 3.05) is 46.0 Å². The van der Waals surface area contributed by atoms with Gasteiger partial charge in [0.25, 0.3) is 0 Å². The lowest BCUT2D eigenvalue weighted by Crippen LogP contribution is -2.49. The molecule has 26 heavy (non-hydrogen) atoms. The molecule has 1 aromatic carbocycles. The number of hydrogen-bond acceptors (Lipinski definition) is 4. The van der Waals surface area contributed by atoms with Gasteiger partial charge in [0.2, 0.25) is 5.91 Å². The molecule has 1 N–H and O–H groups in total.